The molecule has 0 spiro atoms. The van der Waals surface area contributed by atoms with Gasteiger partial charge in [0.2, 0.25) is 10.4 Å². The summed E-state index contributed by atoms with van der Waals surface area (Å²) in [7, 11) is -4.60. The van der Waals surface area contributed by atoms with Crippen LogP contribution in [0.15, 0.2) is 60.7 Å². The minimum absolute atomic E-state index is 0. The Balaban J connectivity index is 0.00000242. The molecule has 0 saturated heterocycles. The molecule has 0 radical (unpaired) electrons. The van der Waals surface area contributed by atoms with E-state index in [2.05, 4.69) is 4.18 Å². The maximum absolute atomic E-state index is 10.4. The molecule has 0 aromatic heterocycles. The molecule has 0 atom stereocenters. The molecule has 0 aliphatic heterocycles. The third kappa shape index (κ3) is 6.60. The summed E-state index contributed by atoms with van der Waals surface area (Å²) in [6, 6.07) is 20.0. The Morgan fingerprint density at radius 1 is 0.909 bits per heavy atom. The molecule has 0 saturated carbocycles. The largest absolute Gasteiger partial charge is 1.00 e. The van der Waals surface area contributed by atoms with Crippen LogP contribution >= 0.6 is 0 Å². The minimum Gasteiger partial charge on any atom is -0.726 e. The third-order valence-corrected chi connectivity index (χ3v) is 3.72. The Morgan fingerprint density at radius 3 is 1.77 bits per heavy atom. The third-order valence-electron chi connectivity index (χ3n) is 3.27. The van der Waals surface area contributed by atoms with E-state index in [1.807, 2.05) is 60.7 Å². The van der Waals surface area contributed by atoms with E-state index in [4.69, 9.17) is 0 Å². The van der Waals surface area contributed by atoms with Crippen molar-refractivity contribution in [2.45, 2.75) is 18.8 Å². The summed E-state index contributed by atoms with van der Waals surface area (Å²) in [5, 5.41) is 0. The SMILES string of the molecule is O=S(=O)([O-])OCCCC(c1ccccc1)c1ccccc1.[Na+]. The van der Waals surface area contributed by atoms with Gasteiger partial charge in [-0.2, -0.15) is 0 Å². The fourth-order valence-corrected chi connectivity index (χ4v) is 2.67. The van der Waals surface area contributed by atoms with Crippen LogP contribution in [0.3, 0.4) is 0 Å². The molecule has 0 aliphatic carbocycles. The Kier molecular flexibility index (Phi) is 8.31. The summed E-state index contributed by atoms with van der Waals surface area (Å²) < 4.78 is 35.6. The van der Waals surface area contributed by atoms with Gasteiger partial charge in [0.25, 0.3) is 0 Å². The molecule has 0 amide bonds. The Hall–Kier alpha value is -0.690. The molecular formula is C16H17NaO4S. The molecule has 112 valence electrons. The van der Waals surface area contributed by atoms with Gasteiger partial charge in [-0.1, -0.05) is 60.7 Å². The number of hydrogen-bond acceptors (Lipinski definition) is 4. The van der Waals surface area contributed by atoms with Gasteiger partial charge in [-0.15, -0.1) is 0 Å². The van der Waals surface area contributed by atoms with E-state index >= 15 is 0 Å². The van der Waals surface area contributed by atoms with Crippen molar-refractivity contribution in [3.05, 3.63) is 71.8 Å². The van der Waals surface area contributed by atoms with Crippen molar-refractivity contribution in [1.29, 1.82) is 0 Å². The summed E-state index contributed by atoms with van der Waals surface area (Å²) in [5.41, 5.74) is 2.32. The van der Waals surface area contributed by atoms with Crippen molar-refractivity contribution in [2.24, 2.45) is 0 Å². The van der Waals surface area contributed by atoms with Gasteiger partial charge in [-0.3, -0.25) is 4.18 Å². The van der Waals surface area contributed by atoms with Crippen LogP contribution in [0.1, 0.15) is 29.9 Å². The van der Waals surface area contributed by atoms with Crippen LogP contribution in [-0.4, -0.2) is 19.6 Å². The molecule has 6 heteroatoms. The van der Waals surface area contributed by atoms with Crippen molar-refractivity contribution in [1.82, 2.24) is 0 Å². The molecule has 0 aliphatic rings. The van der Waals surface area contributed by atoms with E-state index in [0.717, 1.165) is 11.1 Å². The summed E-state index contributed by atoms with van der Waals surface area (Å²) in [6.07, 6.45) is 1.21. The van der Waals surface area contributed by atoms with Crippen LogP contribution in [0.2, 0.25) is 0 Å². The van der Waals surface area contributed by atoms with Crippen molar-refractivity contribution in [3.63, 3.8) is 0 Å². The van der Waals surface area contributed by atoms with Crippen LogP contribution in [-0.2, 0) is 14.6 Å². The first-order valence-electron chi connectivity index (χ1n) is 6.76. The number of benzene rings is 2. The van der Waals surface area contributed by atoms with Crippen LogP contribution in [0.25, 0.3) is 0 Å². The summed E-state index contributed by atoms with van der Waals surface area (Å²) >= 11 is 0. The monoisotopic (exact) mass is 328 g/mol. The second-order valence-corrected chi connectivity index (χ2v) is 5.80. The normalized spacial score (nSPS) is 11.2. The molecule has 0 fully saturated rings. The van der Waals surface area contributed by atoms with Gasteiger partial charge >= 0.3 is 29.6 Å². The van der Waals surface area contributed by atoms with Gasteiger partial charge in [0.15, 0.2) is 0 Å². The Bertz CT molecular complexity index is 605. The van der Waals surface area contributed by atoms with Gasteiger partial charge in [0, 0.05) is 5.92 Å². The molecule has 22 heavy (non-hydrogen) atoms. The first-order valence-corrected chi connectivity index (χ1v) is 8.10. The summed E-state index contributed by atoms with van der Waals surface area (Å²) in [6.45, 7) is -0.0813. The molecule has 4 nitrogen and oxygen atoms in total. The average Bonchev–Trinajstić information content (AvgIpc) is 2.48. The zero-order valence-corrected chi connectivity index (χ0v) is 15.3. The van der Waals surface area contributed by atoms with Crippen molar-refractivity contribution in [2.75, 3.05) is 6.61 Å². The quantitative estimate of drug-likeness (QED) is 0.312. The molecule has 2 rings (SSSR count). The minimum atomic E-state index is -4.60. The fourth-order valence-electron chi connectivity index (χ4n) is 2.34. The maximum Gasteiger partial charge on any atom is 1.00 e. The molecule has 2 aromatic carbocycles. The van der Waals surface area contributed by atoms with Crippen molar-refractivity contribution < 1.29 is 46.7 Å². The van der Waals surface area contributed by atoms with E-state index in [-0.39, 0.29) is 42.1 Å². The van der Waals surface area contributed by atoms with E-state index in [1.165, 1.54) is 0 Å². The Morgan fingerprint density at radius 2 is 1.36 bits per heavy atom. The number of hydrogen-bond donors (Lipinski definition) is 0. The topological polar surface area (TPSA) is 66.4 Å². The first-order chi connectivity index (χ1) is 10.1. The first kappa shape index (κ1) is 19.4. The Labute approximate surface area is 153 Å². The summed E-state index contributed by atoms with van der Waals surface area (Å²) in [4.78, 5) is 0. The van der Waals surface area contributed by atoms with E-state index < -0.39 is 10.4 Å². The predicted octanol–water partition coefficient (Wildman–Crippen LogP) is 0.0795. The summed E-state index contributed by atoms with van der Waals surface area (Å²) in [5.74, 6) is 0.158. The number of rotatable bonds is 7. The van der Waals surface area contributed by atoms with Crippen LogP contribution in [0.4, 0.5) is 0 Å². The van der Waals surface area contributed by atoms with Gasteiger partial charge in [0.1, 0.15) is 0 Å². The standard InChI is InChI=1S/C16H18O4S.Na/c17-21(18,19)20-13-7-12-16(14-8-3-1-4-9-14)15-10-5-2-6-11-15;/h1-6,8-11,16H,7,12-13H2,(H,17,18,19);/q;+1/p-1. The van der Waals surface area contributed by atoms with Crippen LogP contribution < -0.4 is 29.6 Å². The van der Waals surface area contributed by atoms with Crippen LogP contribution in [0.5, 0.6) is 0 Å². The fraction of sp³-hybridized carbons (Fsp3) is 0.250. The molecule has 0 bridgehead atoms. The van der Waals surface area contributed by atoms with Crippen LogP contribution in [0, 0.1) is 0 Å². The average molecular weight is 328 g/mol. The van der Waals surface area contributed by atoms with E-state index in [0.29, 0.717) is 12.8 Å². The molecule has 0 N–H and O–H groups in total. The van der Waals surface area contributed by atoms with Gasteiger partial charge in [0.05, 0.1) is 6.61 Å². The zero-order valence-electron chi connectivity index (χ0n) is 12.5. The molecule has 0 heterocycles. The maximum atomic E-state index is 10.4. The van der Waals surface area contributed by atoms with Gasteiger partial charge in [-0.05, 0) is 24.0 Å². The second-order valence-electron chi connectivity index (χ2n) is 4.75. The zero-order chi connectivity index (χ0) is 15.1. The molecular weight excluding hydrogens is 311 g/mol. The smallest absolute Gasteiger partial charge is 0.726 e. The van der Waals surface area contributed by atoms with Crippen molar-refractivity contribution in [3.8, 4) is 0 Å². The van der Waals surface area contributed by atoms with E-state index in [1.54, 1.807) is 0 Å². The van der Waals surface area contributed by atoms with Gasteiger partial charge < -0.3 is 4.55 Å². The predicted molar refractivity (Wildman–Crippen MR) is 79.6 cm³/mol. The second kappa shape index (κ2) is 9.45. The molecule has 2 aromatic rings. The van der Waals surface area contributed by atoms with E-state index in [9.17, 15) is 13.0 Å². The van der Waals surface area contributed by atoms with Gasteiger partial charge in [-0.25, -0.2) is 8.42 Å². The van der Waals surface area contributed by atoms with Crippen molar-refractivity contribution >= 4 is 10.4 Å². The molecule has 0 unspecified atom stereocenters.